The van der Waals surface area contributed by atoms with Crippen LogP contribution >= 0.6 is 0 Å². The lowest BCUT2D eigenvalue weighted by molar-refractivity contribution is -0.138. The predicted molar refractivity (Wildman–Crippen MR) is 43.1 cm³/mol. The van der Waals surface area contributed by atoms with E-state index in [1.807, 2.05) is 13.8 Å². The lowest BCUT2D eigenvalue weighted by Gasteiger charge is -2.03. The molecule has 2 heteroatoms. The van der Waals surface area contributed by atoms with E-state index in [0.29, 0.717) is 0 Å². The number of rotatable bonds is 2. The van der Waals surface area contributed by atoms with Crippen LogP contribution in [-0.4, -0.2) is 12.1 Å². The summed E-state index contributed by atoms with van der Waals surface area (Å²) in [7, 11) is 0. The molecule has 0 spiro atoms. The van der Waals surface area contributed by atoms with Gasteiger partial charge in [-0.1, -0.05) is 11.6 Å². The molecule has 0 saturated heterocycles. The molecule has 11 heavy (non-hydrogen) atoms. The predicted octanol–water partition coefficient (Wildman–Crippen LogP) is 1.82. The van der Waals surface area contributed by atoms with Crippen molar-refractivity contribution in [2.45, 2.75) is 26.4 Å². The molecule has 60 valence electrons. The first kappa shape index (κ1) is 8.05. The molecule has 1 aliphatic heterocycles. The van der Waals surface area contributed by atoms with Gasteiger partial charge in [0, 0.05) is 12.5 Å². The zero-order valence-corrected chi connectivity index (χ0v) is 6.83. The van der Waals surface area contributed by atoms with Gasteiger partial charge in [0.15, 0.2) is 0 Å². The summed E-state index contributed by atoms with van der Waals surface area (Å²) in [6.07, 6.45) is 6.10. The number of esters is 1. The van der Waals surface area contributed by atoms with Crippen LogP contribution in [0.3, 0.4) is 0 Å². The zero-order valence-electron chi connectivity index (χ0n) is 6.83. The fraction of sp³-hybridized carbons (Fsp3) is 0.444. The summed E-state index contributed by atoms with van der Waals surface area (Å²) in [6, 6.07) is 0. The van der Waals surface area contributed by atoms with Crippen molar-refractivity contribution in [2.24, 2.45) is 0 Å². The van der Waals surface area contributed by atoms with Crippen molar-refractivity contribution in [1.29, 1.82) is 0 Å². The second kappa shape index (κ2) is 3.37. The second-order valence-electron chi connectivity index (χ2n) is 2.85. The van der Waals surface area contributed by atoms with E-state index in [4.69, 9.17) is 4.74 Å². The average Bonchev–Trinajstić information content (AvgIpc) is 2.31. The van der Waals surface area contributed by atoms with Gasteiger partial charge >= 0.3 is 5.97 Å². The molecule has 0 N–H and O–H groups in total. The molecule has 0 aliphatic carbocycles. The highest BCUT2D eigenvalue weighted by atomic mass is 16.5. The van der Waals surface area contributed by atoms with Crippen LogP contribution in [0.25, 0.3) is 0 Å². The zero-order chi connectivity index (χ0) is 8.27. The number of carbonyl (C=O) groups is 1. The standard InChI is InChI=1S/C9H12O2/c1-7(2)3-4-8-5-6-9(10)11-8/h3,5-6,8H,4H2,1-2H3. The van der Waals surface area contributed by atoms with Gasteiger partial charge < -0.3 is 4.74 Å². The van der Waals surface area contributed by atoms with Crippen LogP contribution in [0.15, 0.2) is 23.8 Å². The molecule has 1 heterocycles. The van der Waals surface area contributed by atoms with Crippen molar-refractivity contribution in [1.82, 2.24) is 0 Å². The van der Waals surface area contributed by atoms with Gasteiger partial charge in [0.25, 0.3) is 0 Å². The van der Waals surface area contributed by atoms with Crippen molar-refractivity contribution in [2.75, 3.05) is 0 Å². The monoisotopic (exact) mass is 152 g/mol. The van der Waals surface area contributed by atoms with Gasteiger partial charge in [-0.05, 0) is 19.9 Å². The largest absolute Gasteiger partial charge is 0.455 e. The summed E-state index contributed by atoms with van der Waals surface area (Å²) >= 11 is 0. The molecular formula is C9H12O2. The van der Waals surface area contributed by atoms with Crippen LogP contribution < -0.4 is 0 Å². The number of hydrogen-bond donors (Lipinski definition) is 0. The summed E-state index contributed by atoms with van der Waals surface area (Å²) in [5.41, 5.74) is 1.25. The summed E-state index contributed by atoms with van der Waals surface area (Å²) in [6.45, 7) is 4.06. The topological polar surface area (TPSA) is 26.3 Å². The lowest BCUT2D eigenvalue weighted by Crippen LogP contribution is -2.05. The Morgan fingerprint density at radius 2 is 2.45 bits per heavy atom. The third-order valence-electron chi connectivity index (χ3n) is 1.47. The molecule has 0 aromatic heterocycles. The lowest BCUT2D eigenvalue weighted by atomic mass is 10.2. The Balaban J connectivity index is 2.36. The maximum atomic E-state index is 10.6. The molecule has 0 aromatic carbocycles. The Labute approximate surface area is 66.5 Å². The van der Waals surface area contributed by atoms with Crippen LogP contribution in [-0.2, 0) is 9.53 Å². The van der Waals surface area contributed by atoms with Gasteiger partial charge in [0.1, 0.15) is 6.10 Å². The fourth-order valence-electron chi connectivity index (χ4n) is 0.892. The summed E-state index contributed by atoms with van der Waals surface area (Å²) < 4.78 is 4.92. The molecule has 1 aliphatic rings. The minimum Gasteiger partial charge on any atom is -0.455 e. The molecule has 0 fully saturated rings. The van der Waals surface area contributed by atoms with E-state index >= 15 is 0 Å². The number of hydrogen-bond acceptors (Lipinski definition) is 2. The van der Waals surface area contributed by atoms with Gasteiger partial charge in [0.05, 0.1) is 0 Å². The van der Waals surface area contributed by atoms with E-state index in [0.717, 1.165) is 6.42 Å². The first-order valence-corrected chi connectivity index (χ1v) is 3.70. The van der Waals surface area contributed by atoms with Gasteiger partial charge in [-0.25, -0.2) is 4.79 Å². The third-order valence-corrected chi connectivity index (χ3v) is 1.47. The molecule has 1 rings (SSSR count). The first-order valence-electron chi connectivity index (χ1n) is 3.70. The Bertz CT molecular complexity index is 210. The summed E-state index contributed by atoms with van der Waals surface area (Å²) in [5, 5.41) is 0. The molecule has 1 atom stereocenters. The van der Waals surface area contributed by atoms with Gasteiger partial charge in [-0.2, -0.15) is 0 Å². The summed E-state index contributed by atoms with van der Waals surface area (Å²) in [4.78, 5) is 10.6. The van der Waals surface area contributed by atoms with E-state index in [9.17, 15) is 4.79 Å². The Kier molecular flexibility index (Phi) is 2.47. The average molecular weight is 152 g/mol. The Morgan fingerprint density at radius 1 is 1.73 bits per heavy atom. The minimum absolute atomic E-state index is 0.0302. The smallest absolute Gasteiger partial charge is 0.331 e. The molecular weight excluding hydrogens is 140 g/mol. The van der Waals surface area contributed by atoms with Crippen LogP contribution in [0.1, 0.15) is 20.3 Å². The number of allylic oxidation sites excluding steroid dienone is 1. The second-order valence-corrected chi connectivity index (χ2v) is 2.85. The first-order chi connectivity index (χ1) is 5.18. The van der Waals surface area contributed by atoms with Crippen LogP contribution in [0.2, 0.25) is 0 Å². The van der Waals surface area contributed by atoms with Crippen molar-refractivity contribution in [3.8, 4) is 0 Å². The van der Waals surface area contributed by atoms with E-state index in [1.54, 1.807) is 6.08 Å². The molecule has 2 nitrogen and oxygen atoms in total. The highest BCUT2D eigenvalue weighted by Gasteiger charge is 2.14. The molecule has 0 bridgehead atoms. The quantitative estimate of drug-likeness (QED) is 0.445. The molecule has 1 unspecified atom stereocenters. The highest BCUT2D eigenvalue weighted by molar-refractivity contribution is 5.84. The van der Waals surface area contributed by atoms with Crippen LogP contribution in [0, 0.1) is 0 Å². The van der Waals surface area contributed by atoms with E-state index < -0.39 is 0 Å². The third kappa shape index (κ3) is 2.58. The van der Waals surface area contributed by atoms with Crippen molar-refractivity contribution < 1.29 is 9.53 Å². The Hall–Kier alpha value is -1.05. The fourth-order valence-corrected chi connectivity index (χ4v) is 0.892. The summed E-state index contributed by atoms with van der Waals surface area (Å²) in [5.74, 6) is -0.225. The SMILES string of the molecule is CC(C)=CCC1C=CC(=O)O1. The molecule has 0 saturated carbocycles. The minimum atomic E-state index is -0.225. The highest BCUT2D eigenvalue weighted by Crippen LogP contribution is 2.10. The maximum Gasteiger partial charge on any atom is 0.331 e. The normalized spacial score (nSPS) is 21.6. The molecule has 0 amide bonds. The molecule has 0 aromatic rings. The Morgan fingerprint density at radius 3 is 2.91 bits per heavy atom. The number of carbonyl (C=O) groups excluding carboxylic acids is 1. The van der Waals surface area contributed by atoms with Crippen LogP contribution in [0.5, 0.6) is 0 Å². The van der Waals surface area contributed by atoms with Gasteiger partial charge in [-0.3, -0.25) is 0 Å². The number of ether oxygens (including phenoxy) is 1. The van der Waals surface area contributed by atoms with Crippen LogP contribution in [0.4, 0.5) is 0 Å². The van der Waals surface area contributed by atoms with E-state index in [-0.39, 0.29) is 12.1 Å². The van der Waals surface area contributed by atoms with Gasteiger partial charge in [0.2, 0.25) is 0 Å². The van der Waals surface area contributed by atoms with Crippen molar-refractivity contribution >= 4 is 5.97 Å². The van der Waals surface area contributed by atoms with E-state index in [1.165, 1.54) is 11.6 Å². The van der Waals surface area contributed by atoms with Gasteiger partial charge in [-0.15, -0.1) is 0 Å². The van der Waals surface area contributed by atoms with E-state index in [2.05, 4.69) is 6.08 Å². The maximum absolute atomic E-state index is 10.6. The van der Waals surface area contributed by atoms with Crippen molar-refractivity contribution in [3.05, 3.63) is 23.8 Å². The van der Waals surface area contributed by atoms with Crippen molar-refractivity contribution in [3.63, 3.8) is 0 Å². The molecule has 0 radical (unpaired) electrons. The number of cyclic esters (lactones) is 1.